The fourth-order valence-corrected chi connectivity index (χ4v) is 0.846. The van der Waals surface area contributed by atoms with Gasteiger partial charge in [-0.2, -0.15) is 0 Å². The molecule has 0 aromatic rings. The molecule has 80 valence electrons. The van der Waals surface area contributed by atoms with Gasteiger partial charge in [-0.05, 0) is 6.42 Å². The average molecular weight is 189 g/mol. The summed E-state index contributed by atoms with van der Waals surface area (Å²) in [5.41, 5.74) is 0. The summed E-state index contributed by atoms with van der Waals surface area (Å²) in [4.78, 5) is 12.4. The lowest BCUT2D eigenvalue weighted by molar-refractivity contribution is 0.132. The molecule has 0 aliphatic carbocycles. The number of carbonyl (C=O) groups excluding carboxylic acids is 1. The third-order valence-electron chi connectivity index (χ3n) is 1.58. The van der Waals surface area contributed by atoms with Crippen molar-refractivity contribution >= 4 is 6.09 Å². The van der Waals surface area contributed by atoms with E-state index in [0.29, 0.717) is 0 Å². The summed E-state index contributed by atoms with van der Waals surface area (Å²) in [5, 5.41) is 0. The Morgan fingerprint density at radius 3 is 2.23 bits per heavy atom. The number of ether oxygens (including phenoxy) is 1. The molecule has 3 nitrogen and oxygen atoms in total. The van der Waals surface area contributed by atoms with Crippen LogP contribution in [0.5, 0.6) is 0 Å². The Labute approximate surface area is 82.1 Å². The predicted molar refractivity (Wildman–Crippen MR) is 55.9 cm³/mol. The van der Waals surface area contributed by atoms with Crippen LogP contribution in [0.4, 0.5) is 4.79 Å². The lowest BCUT2D eigenvalue weighted by Crippen LogP contribution is -2.27. The standard InChI is InChI=1S/C8H17NO2.C2H6/c1-4-5-6-7-9(2)8(10)11-3;1-2/h4-7H2,1-3H3;1-2H3. The summed E-state index contributed by atoms with van der Waals surface area (Å²) >= 11 is 0. The lowest BCUT2D eigenvalue weighted by atomic mass is 10.2. The van der Waals surface area contributed by atoms with Crippen molar-refractivity contribution in [3.63, 3.8) is 0 Å². The largest absolute Gasteiger partial charge is 0.453 e. The predicted octanol–water partition coefficient (Wildman–Crippen LogP) is 2.90. The maximum atomic E-state index is 10.8. The zero-order valence-corrected chi connectivity index (χ0v) is 9.59. The van der Waals surface area contributed by atoms with E-state index in [1.165, 1.54) is 20.0 Å². The van der Waals surface area contributed by atoms with Crippen LogP contribution in [0.1, 0.15) is 40.0 Å². The molecule has 0 radical (unpaired) electrons. The van der Waals surface area contributed by atoms with Crippen LogP contribution < -0.4 is 0 Å². The lowest BCUT2D eigenvalue weighted by Gasteiger charge is -2.14. The summed E-state index contributed by atoms with van der Waals surface area (Å²) in [6, 6.07) is 0. The quantitative estimate of drug-likeness (QED) is 0.636. The summed E-state index contributed by atoms with van der Waals surface area (Å²) in [7, 11) is 3.15. The van der Waals surface area contributed by atoms with Crippen molar-refractivity contribution in [2.75, 3.05) is 20.7 Å². The normalized spacial score (nSPS) is 8.38. The minimum absolute atomic E-state index is 0.249. The first-order chi connectivity index (χ1) is 6.22. The molecule has 1 amide bonds. The van der Waals surface area contributed by atoms with Crippen LogP contribution >= 0.6 is 0 Å². The smallest absolute Gasteiger partial charge is 0.409 e. The molecule has 0 rings (SSSR count). The first-order valence-corrected chi connectivity index (χ1v) is 5.01. The number of carbonyl (C=O) groups is 1. The molecule has 0 N–H and O–H groups in total. The van der Waals surface area contributed by atoms with E-state index in [1.54, 1.807) is 11.9 Å². The molecular weight excluding hydrogens is 166 g/mol. The Balaban J connectivity index is 0. The van der Waals surface area contributed by atoms with Crippen LogP contribution in [0.2, 0.25) is 0 Å². The number of unbranched alkanes of at least 4 members (excludes halogenated alkanes) is 2. The Hall–Kier alpha value is -0.730. The highest BCUT2D eigenvalue weighted by Gasteiger charge is 2.05. The summed E-state index contributed by atoms with van der Waals surface area (Å²) < 4.78 is 4.53. The second-order valence-corrected chi connectivity index (χ2v) is 2.60. The molecule has 0 aromatic carbocycles. The van der Waals surface area contributed by atoms with Crippen molar-refractivity contribution in [3.8, 4) is 0 Å². The average Bonchev–Trinajstić information content (AvgIpc) is 2.20. The van der Waals surface area contributed by atoms with Gasteiger partial charge >= 0.3 is 6.09 Å². The van der Waals surface area contributed by atoms with Gasteiger partial charge in [-0.25, -0.2) is 4.79 Å². The first kappa shape index (κ1) is 14.8. The third-order valence-corrected chi connectivity index (χ3v) is 1.58. The third kappa shape index (κ3) is 9.18. The van der Waals surface area contributed by atoms with Gasteiger partial charge in [0.1, 0.15) is 0 Å². The SMILES string of the molecule is CC.CCCCCN(C)C(=O)OC. The number of amides is 1. The van der Waals surface area contributed by atoms with Gasteiger partial charge in [0.25, 0.3) is 0 Å². The van der Waals surface area contributed by atoms with E-state index in [1.807, 2.05) is 13.8 Å². The van der Waals surface area contributed by atoms with Gasteiger partial charge in [0.2, 0.25) is 0 Å². The van der Waals surface area contributed by atoms with Gasteiger partial charge < -0.3 is 9.64 Å². The Morgan fingerprint density at radius 1 is 1.31 bits per heavy atom. The minimum atomic E-state index is -0.249. The van der Waals surface area contributed by atoms with Crippen LogP contribution in [-0.4, -0.2) is 31.7 Å². The van der Waals surface area contributed by atoms with Gasteiger partial charge in [0, 0.05) is 13.6 Å². The Morgan fingerprint density at radius 2 is 1.85 bits per heavy atom. The van der Waals surface area contributed by atoms with E-state index in [2.05, 4.69) is 11.7 Å². The molecule has 0 aromatic heterocycles. The van der Waals surface area contributed by atoms with E-state index < -0.39 is 0 Å². The van der Waals surface area contributed by atoms with E-state index in [0.717, 1.165) is 13.0 Å². The highest BCUT2D eigenvalue weighted by Crippen LogP contribution is 1.97. The molecule has 0 bridgehead atoms. The molecule has 13 heavy (non-hydrogen) atoms. The summed E-state index contributed by atoms with van der Waals surface area (Å²) in [6.07, 6.45) is 3.15. The van der Waals surface area contributed by atoms with Crippen molar-refractivity contribution in [2.45, 2.75) is 40.0 Å². The maximum Gasteiger partial charge on any atom is 0.409 e. The highest BCUT2D eigenvalue weighted by molar-refractivity contribution is 5.66. The van der Waals surface area contributed by atoms with Crippen molar-refractivity contribution in [3.05, 3.63) is 0 Å². The van der Waals surface area contributed by atoms with Crippen molar-refractivity contribution < 1.29 is 9.53 Å². The fourth-order valence-electron chi connectivity index (χ4n) is 0.846. The number of methoxy groups -OCH3 is 1. The first-order valence-electron chi connectivity index (χ1n) is 5.01. The van der Waals surface area contributed by atoms with E-state index in [4.69, 9.17) is 0 Å². The molecule has 0 aliphatic rings. The number of nitrogens with zero attached hydrogens (tertiary/aromatic N) is 1. The highest BCUT2D eigenvalue weighted by atomic mass is 16.5. The molecule has 0 atom stereocenters. The molecule has 0 fully saturated rings. The topological polar surface area (TPSA) is 29.5 Å². The van der Waals surface area contributed by atoms with E-state index >= 15 is 0 Å². The minimum Gasteiger partial charge on any atom is -0.453 e. The van der Waals surface area contributed by atoms with Gasteiger partial charge in [-0.15, -0.1) is 0 Å². The van der Waals surface area contributed by atoms with Crippen molar-refractivity contribution in [2.24, 2.45) is 0 Å². The molecule has 0 aliphatic heterocycles. The van der Waals surface area contributed by atoms with Crippen molar-refractivity contribution in [1.82, 2.24) is 4.90 Å². The maximum absolute atomic E-state index is 10.8. The van der Waals surface area contributed by atoms with Gasteiger partial charge in [-0.1, -0.05) is 33.6 Å². The van der Waals surface area contributed by atoms with E-state index in [9.17, 15) is 4.79 Å². The number of hydrogen-bond acceptors (Lipinski definition) is 2. The molecule has 0 heterocycles. The second-order valence-electron chi connectivity index (χ2n) is 2.60. The zero-order valence-electron chi connectivity index (χ0n) is 9.59. The van der Waals surface area contributed by atoms with Gasteiger partial charge in [0.15, 0.2) is 0 Å². The van der Waals surface area contributed by atoms with Crippen molar-refractivity contribution in [1.29, 1.82) is 0 Å². The molecule has 3 heteroatoms. The Kier molecular flexibility index (Phi) is 12.8. The summed E-state index contributed by atoms with van der Waals surface area (Å²) in [5.74, 6) is 0. The number of rotatable bonds is 4. The molecule has 0 unspecified atom stereocenters. The van der Waals surface area contributed by atoms with Crippen LogP contribution in [0, 0.1) is 0 Å². The fraction of sp³-hybridized carbons (Fsp3) is 0.900. The molecular formula is C10H23NO2. The Bertz CT molecular complexity index is 115. The van der Waals surface area contributed by atoms with Crippen LogP contribution in [0.15, 0.2) is 0 Å². The van der Waals surface area contributed by atoms with Gasteiger partial charge in [-0.3, -0.25) is 0 Å². The number of hydrogen-bond donors (Lipinski definition) is 0. The molecule has 0 saturated heterocycles. The molecule has 0 saturated carbocycles. The molecule has 0 spiro atoms. The zero-order chi connectivity index (χ0) is 10.7. The van der Waals surface area contributed by atoms with Crippen LogP contribution in [0.25, 0.3) is 0 Å². The van der Waals surface area contributed by atoms with Crippen LogP contribution in [0.3, 0.4) is 0 Å². The summed E-state index contributed by atoms with van der Waals surface area (Å²) in [6.45, 7) is 6.93. The monoisotopic (exact) mass is 189 g/mol. The second kappa shape index (κ2) is 11.3. The van der Waals surface area contributed by atoms with Gasteiger partial charge in [0.05, 0.1) is 7.11 Å². The van der Waals surface area contributed by atoms with E-state index in [-0.39, 0.29) is 6.09 Å². The van der Waals surface area contributed by atoms with Crippen LogP contribution in [-0.2, 0) is 4.74 Å².